The van der Waals surface area contributed by atoms with Gasteiger partial charge in [-0.25, -0.2) is 8.42 Å². The highest BCUT2D eigenvalue weighted by atomic mass is 32.2. The number of nitrogens with zero attached hydrogens (tertiary/aromatic N) is 4. The van der Waals surface area contributed by atoms with Crippen LogP contribution in [0, 0.1) is 5.92 Å². The molecule has 1 aliphatic heterocycles. The fraction of sp³-hybridized carbons (Fsp3) is 0.333. The molecule has 3 aromatic rings. The number of carbonyl (C=O) groups excluding carboxylic acids is 1. The second-order valence-corrected chi connectivity index (χ2v) is 9.18. The SMILES string of the molecule is O=C(NCC1CCN(S(=O)(=O)c2cccnc2)CC1)c1ccc2nsnc2c1. The van der Waals surface area contributed by atoms with E-state index in [1.54, 1.807) is 36.5 Å². The Bertz CT molecular complexity index is 1080. The zero-order chi connectivity index (χ0) is 19.6. The maximum atomic E-state index is 12.6. The number of benzene rings is 1. The third-order valence-corrected chi connectivity index (χ3v) is 7.35. The second-order valence-electron chi connectivity index (χ2n) is 6.71. The van der Waals surface area contributed by atoms with Crippen molar-refractivity contribution in [3.05, 3.63) is 48.3 Å². The third kappa shape index (κ3) is 3.89. The number of aromatic nitrogens is 3. The fourth-order valence-corrected chi connectivity index (χ4v) is 5.22. The summed E-state index contributed by atoms with van der Waals surface area (Å²) in [6.45, 7) is 1.40. The molecular weight excluding hydrogens is 398 g/mol. The number of pyridine rings is 1. The van der Waals surface area contributed by atoms with Gasteiger partial charge in [-0.05, 0) is 49.1 Å². The number of carbonyl (C=O) groups is 1. The number of hydrogen-bond donors (Lipinski definition) is 1. The van der Waals surface area contributed by atoms with Crippen molar-refractivity contribution in [2.75, 3.05) is 19.6 Å². The molecule has 0 bridgehead atoms. The Morgan fingerprint density at radius 1 is 1.18 bits per heavy atom. The van der Waals surface area contributed by atoms with Gasteiger partial charge < -0.3 is 5.32 Å². The molecule has 1 N–H and O–H groups in total. The van der Waals surface area contributed by atoms with Crippen LogP contribution in [0.2, 0.25) is 0 Å². The molecular formula is C18H19N5O3S2. The van der Waals surface area contributed by atoms with Crippen molar-refractivity contribution in [2.45, 2.75) is 17.7 Å². The molecule has 2 aromatic heterocycles. The number of amides is 1. The molecule has 3 heterocycles. The topological polar surface area (TPSA) is 105 Å². The molecule has 4 rings (SSSR count). The largest absolute Gasteiger partial charge is 0.352 e. The van der Waals surface area contributed by atoms with Crippen LogP contribution in [0.15, 0.2) is 47.6 Å². The summed E-state index contributed by atoms with van der Waals surface area (Å²) in [5.74, 6) is 0.0919. The summed E-state index contributed by atoms with van der Waals surface area (Å²) in [7, 11) is -3.50. The second kappa shape index (κ2) is 7.90. The molecule has 0 saturated carbocycles. The lowest BCUT2D eigenvalue weighted by molar-refractivity contribution is 0.0941. The van der Waals surface area contributed by atoms with Gasteiger partial charge in [-0.1, -0.05) is 0 Å². The number of fused-ring (bicyclic) bond motifs is 1. The Morgan fingerprint density at radius 2 is 1.96 bits per heavy atom. The van der Waals surface area contributed by atoms with E-state index in [0.717, 1.165) is 17.2 Å². The van der Waals surface area contributed by atoms with E-state index in [1.165, 1.54) is 10.5 Å². The van der Waals surface area contributed by atoms with Crippen molar-refractivity contribution in [1.82, 2.24) is 23.4 Å². The lowest BCUT2D eigenvalue weighted by Crippen LogP contribution is -2.41. The molecule has 1 aromatic carbocycles. The number of piperidine rings is 1. The highest BCUT2D eigenvalue weighted by Crippen LogP contribution is 2.23. The summed E-state index contributed by atoms with van der Waals surface area (Å²) >= 11 is 1.12. The van der Waals surface area contributed by atoms with Crippen molar-refractivity contribution >= 4 is 38.7 Å². The van der Waals surface area contributed by atoms with Gasteiger partial charge >= 0.3 is 0 Å². The summed E-state index contributed by atoms with van der Waals surface area (Å²) in [4.78, 5) is 16.5. The normalized spacial score (nSPS) is 16.3. The van der Waals surface area contributed by atoms with E-state index in [2.05, 4.69) is 19.0 Å². The van der Waals surface area contributed by atoms with Crippen LogP contribution in [0.25, 0.3) is 11.0 Å². The van der Waals surface area contributed by atoms with Gasteiger partial charge in [0, 0.05) is 37.6 Å². The van der Waals surface area contributed by atoms with E-state index in [-0.39, 0.29) is 16.7 Å². The van der Waals surface area contributed by atoms with Gasteiger partial charge in [0.2, 0.25) is 10.0 Å². The van der Waals surface area contributed by atoms with E-state index in [0.29, 0.717) is 43.6 Å². The molecule has 0 spiro atoms. The summed E-state index contributed by atoms with van der Waals surface area (Å²) in [5, 5.41) is 2.95. The lowest BCUT2D eigenvalue weighted by Gasteiger charge is -2.31. The zero-order valence-electron chi connectivity index (χ0n) is 15.0. The van der Waals surface area contributed by atoms with Crippen molar-refractivity contribution in [1.29, 1.82) is 0 Å². The minimum atomic E-state index is -3.50. The molecule has 8 nitrogen and oxygen atoms in total. The van der Waals surface area contributed by atoms with E-state index in [9.17, 15) is 13.2 Å². The predicted octanol–water partition coefficient (Wildman–Crippen LogP) is 1.92. The molecule has 1 fully saturated rings. The fourth-order valence-electron chi connectivity index (χ4n) is 3.26. The highest BCUT2D eigenvalue weighted by Gasteiger charge is 2.29. The van der Waals surface area contributed by atoms with Crippen LogP contribution in [0.5, 0.6) is 0 Å². The number of sulfonamides is 1. The Hall–Kier alpha value is -2.43. The first-order chi connectivity index (χ1) is 13.5. The maximum absolute atomic E-state index is 12.6. The minimum Gasteiger partial charge on any atom is -0.352 e. The van der Waals surface area contributed by atoms with Gasteiger partial charge in [0.1, 0.15) is 15.9 Å². The van der Waals surface area contributed by atoms with Crippen LogP contribution >= 0.6 is 11.7 Å². The third-order valence-electron chi connectivity index (χ3n) is 4.91. The van der Waals surface area contributed by atoms with Crippen molar-refractivity contribution in [3.8, 4) is 0 Å². The van der Waals surface area contributed by atoms with Crippen LogP contribution in [0.3, 0.4) is 0 Å². The highest BCUT2D eigenvalue weighted by molar-refractivity contribution is 7.89. The zero-order valence-corrected chi connectivity index (χ0v) is 16.6. The van der Waals surface area contributed by atoms with Crippen molar-refractivity contribution < 1.29 is 13.2 Å². The van der Waals surface area contributed by atoms with Gasteiger partial charge in [0.05, 0.1) is 11.7 Å². The maximum Gasteiger partial charge on any atom is 0.251 e. The lowest BCUT2D eigenvalue weighted by atomic mass is 9.98. The molecule has 1 saturated heterocycles. The first-order valence-electron chi connectivity index (χ1n) is 8.95. The summed E-state index contributed by atoms with van der Waals surface area (Å²) in [6, 6.07) is 8.44. The summed E-state index contributed by atoms with van der Waals surface area (Å²) in [5.41, 5.74) is 2.05. The van der Waals surface area contributed by atoms with Gasteiger partial charge in [0.15, 0.2) is 0 Å². The van der Waals surface area contributed by atoms with Crippen LogP contribution in [0.1, 0.15) is 23.2 Å². The number of rotatable bonds is 5. The van der Waals surface area contributed by atoms with Crippen LogP contribution in [-0.2, 0) is 10.0 Å². The monoisotopic (exact) mass is 417 g/mol. The molecule has 28 heavy (non-hydrogen) atoms. The Balaban J connectivity index is 1.31. The van der Waals surface area contributed by atoms with Crippen LogP contribution in [-0.4, -0.2) is 52.0 Å². The molecule has 0 radical (unpaired) electrons. The van der Waals surface area contributed by atoms with Gasteiger partial charge in [0.25, 0.3) is 5.91 Å². The Kier molecular flexibility index (Phi) is 5.33. The Labute approximate surface area is 167 Å². The Morgan fingerprint density at radius 3 is 2.71 bits per heavy atom. The van der Waals surface area contributed by atoms with Crippen LogP contribution < -0.4 is 5.32 Å². The van der Waals surface area contributed by atoms with Crippen molar-refractivity contribution in [2.24, 2.45) is 5.92 Å². The molecule has 0 aliphatic carbocycles. The predicted molar refractivity (Wildman–Crippen MR) is 105 cm³/mol. The first kappa shape index (κ1) is 18.9. The molecule has 146 valence electrons. The molecule has 0 unspecified atom stereocenters. The van der Waals surface area contributed by atoms with E-state index in [1.807, 2.05) is 0 Å². The molecule has 0 atom stereocenters. The van der Waals surface area contributed by atoms with Gasteiger partial charge in [-0.2, -0.15) is 13.1 Å². The first-order valence-corrected chi connectivity index (χ1v) is 11.1. The number of hydrogen-bond acceptors (Lipinski definition) is 7. The van der Waals surface area contributed by atoms with Crippen LogP contribution in [0.4, 0.5) is 0 Å². The smallest absolute Gasteiger partial charge is 0.251 e. The standard InChI is InChI=1S/C18H19N5O3S2/c24-18(14-3-4-16-17(10-14)22-27-21-16)20-11-13-5-8-23(9-6-13)28(25,26)15-2-1-7-19-12-15/h1-4,7,10,12-13H,5-6,8-9,11H2,(H,20,24). The average Bonchev–Trinajstić information content (AvgIpc) is 3.21. The van der Waals surface area contributed by atoms with Gasteiger partial charge in [-0.3, -0.25) is 9.78 Å². The average molecular weight is 418 g/mol. The van der Waals surface area contributed by atoms with E-state index >= 15 is 0 Å². The summed E-state index contributed by atoms with van der Waals surface area (Å²) in [6.07, 6.45) is 4.33. The molecule has 1 aliphatic rings. The van der Waals surface area contributed by atoms with E-state index < -0.39 is 10.0 Å². The van der Waals surface area contributed by atoms with Crippen molar-refractivity contribution in [3.63, 3.8) is 0 Å². The van der Waals surface area contributed by atoms with E-state index in [4.69, 9.17) is 0 Å². The minimum absolute atomic E-state index is 0.152. The molecule has 1 amide bonds. The van der Waals surface area contributed by atoms with Gasteiger partial charge in [-0.15, -0.1) is 0 Å². The summed E-state index contributed by atoms with van der Waals surface area (Å²) < 4.78 is 35.0. The molecule has 10 heteroatoms. The quantitative estimate of drug-likeness (QED) is 0.680. The number of nitrogens with one attached hydrogen (secondary N) is 1.